The molecule has 2 aromatic heterocycles. The number of thiazole rings is 1. The second-order valence-electron chi connectivity index (χ2n) is 7.07. The summed E-state index contributed by atoms with van der Waals surface area (Å²) in [5, 5.41) is 3.98. The highest BCUT2D eigenvalue weighted by atomic mass is 32.1. The molecule has 7 nitrogen and oxygen atoms in total. The molecule has 144 valence electrons. The molecule has 9 heteroatoms. The number of hydrogen-bond acceptors (Lipinski definition) is 8. The van der Waals surface area contributed by atoms with E-state index in [4.69, 9.17) is 9.47 Å². The van der Waals surface area contributed by atoms with Crippen molar-refractivity contribution < 1.29 is 14.3 Å². The van der Waals surface area contributed by atoms with Gasteiger partial charge in [0, 0.05) is 43.9 Å². The van der Waals surface area contributed by atoms with Gasteiger partial charge in [0.25, 0.3) is 0 Å². The van der Waals surface area contributed by atoms with Crippen LogP contribution in [0.15, 0.2) is 17.3 Å². The molecular formula is C18H22N4O3S2. The number of carbonyl (C=O) groups excluding carboxylic acids is 1. The third kappa shape index (κ3) is 3.44. The average molecular weight is 407 g/mol. The Morgan fingerprint density at radius 2 is 2.41 bits per heavy atom. The second kappa shape index (κ2) is 7.05. The number of anilines is 1. The van der Waals surface area contributed by atoms with Crippen LogP contribution in [0.4, 0.5) is 5.13 Å². The number of thiol groups is 1. The fourth-order valence-electron chi connectivity index (χ4n) is 3.91. The van der Waals surface area contributed by atoms with E-state index in [1.807, 2.05) is 12.3 Å². The fraction of sp³-hybridized carbons (Fsp3) is 0.500. The van der Waals surface area contributed by atoms with Crippen molar-refractivity contribution in [3.63, 3.8) is 0 Å². The van der Waals surface area contributed by atoms with Crippen LogP contribution in [0.3, 0.4) is 0 Å². The van der Waals surface area contributed by atoms with Gasteiger partial charge in [-0.2, -0.15) is 0 Å². The maximum atomic E-state index is 11.3. The molecule has 0 saturated carbocycles. The first-order valence-electron chi connectivity index (χ1n) is 8.78. The second-order valence-corrected chi connectivity index (χ2v) is 8.58. The molecule has 0 unspecified atom stereocenters. The van der Waals surface area contributed by atoms with Gasteiger partial charge in [-0.05, 0) is 18.9 Å². The number of nitrogens with one attached hydrogen (secondary N) is 1. The number of carbonyl (C=O) groups is 1. The number of ether oxygens (including phenoxy) is 2. The summed E-state index contributed by atoms with van der Waals surface area (Å²) in [7, 11) is 1.62. The number of amides is 1. The van der Waals surface area contributed by atoms with E-state index in [1.165, 1.54) is 18.3 Å². The molecule has 1 amide bonds. The molecule has 0 radical (unpaired) electrons. The zero-order valence-electron chi connectivity index (χ0n) is 15.5. The van der Waals surface area contributed by atoms with Gasteiger partial charge >= 0.3 is 0 Å². The van der Waals surface area contributed by atoms with Gasteiger partial charge in [-0.25, -0.2) is 9.97 Å². The molecule has 2 atom stereocenters. The molecular weight excluding hydrogens is 384 g/mol. The lowest BCUT2D eigenvalue weighted by Gasteiger charge is -2.24. The van der Waals surface area contributed by atoms with Gasteiger partial charge in [0.05, 0.1) is 18.6 Å². The van der Waals surface area contributed by atoms with E-state index in [9.17, 15) is 4.79 Å². The van der Waals surface area contributed by atoms with Crippen molar-refractivity contribution in [1.29, 1.82) is 0 Å². The molecule has 2 aliphatic heterocycles. The standard InChI is InChI=1S/C18H22N4O3S2/c1-10-5-18(13-6-19-15(24-3)4-12(13)8-25-18)9-22(10)7-14-16(26)21-17(27-14)20-11(2)23/h4,6,10,26H,5,7-9H2,1-3H3,(H,20,21,23)/t10-,18+/m0/s1. The lowest BCUT2D eigenvalue weighted by atomic mass is 9.92. The SMILES string of the molecule is COc1cc2c(cn1)[C@]1(C[C@H](C)N(Cc3sc(NC(C)=O)nc3S)C1)OC2. The summed E-state index contributed by atoms with van der Waals surface area (Å²) >= 11 is 5.95. The van der Waals surface area contributed by atoms with Gasteiger partial charge in [-0.3, -0.25) is 9.69 Å². The Morgan fingerprint density at radius 3 is 3.15 bits per heavy atom. The van der Waals surface area contributed by atoms with Crippen LogP contribution in [0.1, 0.15) is 36.3 Å². The molecule has 4 rings (SSSR count). The van der Waals surface area contributed by atoms with E-state index in [0.29, 0.717) is 28.7 Å². The normalized spacial score (nSPS) is 24.4. The van der Waals surface area contributed by atoms with E-state index >= 15 is 0 Å². The predicted octanol–water partition coefficient (Wildman–Crippen LogP) is 2.81. The topological polar surface area (TPSA) is 76.6 Å². The number of rotatable bonds is 4. The fourth-order valence-corrected chi connectivity index (χ4v) is 5.22. The lowest BCUT2D eigenvalue weighted by molar-refractivity contribution is -0.114. The Balaban J connectivity index is 1.53. The number of methoxy groups -OCH3 is 1. The Bertz CT molecular complexity index is 887. The van der Waals surface area contributed by atoms with Crippen molar-refractivity contribution in [2.75, 3.05) is 19.0 Å². The number of aromatic nitrogens is 2. The number of pyridine rings is 1. The minimum Gasteiger partial charge on any atom is -0.481 e. The Labute approximate surface area is 167 Å². The van der Waals surface area contributed by atoms with Crippen LogP contribution in [0.5, 0.6) is 5.88 Å². The van der Waals surface area contributed by atoms with Gasteiger partial charge in [-0.1, -0.05) is 11.3 Å². The molecule has 27 heavy (non-hydrogen) atoms. The van der Waals surface area contributed by atoms with Crippen molar-refractivity contribution >= 4 is 35.0 Å². The van der Waals surface area contributed by atoms with Crippen molar-refractivity contribution in [3.8, 4) is 5.88 Å². The van der Waals surface area contributed by atoms with Crippen LogP contribution in [-0.4, -0.2) is 40.5 Å². The Morgan fingerprint density at radius 1 is 1.59 bits per heavy atom. The molecule has 4 heterocycles. The monoisotopic (exact) mass is 406 g/mol. The highest BCUT2D eigenvalue weighted by Crippen LogP contribution is 2.46. The zero-order chi connectivity index (χ0) is 19.2. The van der Waals surface area contributed by atoms with Crippen LogP contribution < -0.4 is 10.1 Å². The first-order valence-corrected chi connectivity index (χ1v) is 10.0. The summed E-state index contributed by atoms with van der Waals surface area (Å²) in [5.74, 6) is 0.489. The van der Waals surface area contributed by atoms with Gasteiger partial charge in [0.1, 0.15) is 10.6 Å². The van der Waals surface area contributed by atoms with Crippen LogP contribution in [-0.2, 0) is 28.3 Å². The van der Waals surface area contributed by atoms with E-state index < -0.39 is 0 Å². The largest absolute Gasteiger partial charge is 0.481 e. The zero-order valence-corrected chi connectivity index (χ0v) is 17.2. The van der Waals surface area contributed by atoms with E-state index in [0.717, 1.165) is 35.5 Å². The molecule has 0 aromatic carbocycles. The summed E-state index contributed by atoms with van der Waals surface area (Å²) in [5.41, 5.74) is 1.99. The highest BCUT2D eigenvalue weighted by Gasteiger charge is 2.49. The minimum absolute atomic E-state index is 0.129. The van der Waals surface area contributed by atoms with Crippen LogP contribution in [0, 0.1) is 0 Å². The van der Waals surface area contributed by atoms with Gasteiger partial charge in [-0.15, -0.1) is 12.6 Å². The number of fused-ring (bicyclic) bond motifs is 2. The molecule has 0 aliphatic carbocycles. The first kappa shape index (κ1) is 18.7. The molecule has 1 N–H and O–H groups in total. The van der Waals surface area contributed by atoms with E-state index in [2.05, 4.69) is 39.7 Å². The molecule has 2 aliphatic rings. The summed E-state index contributed by atoms with van der Waals surface area (Å²) < 4.78 is 11.5. The summed E-state index contributed by atoms with van der Waals surface area (Å²) in [6, 6.07) is 2.31. The summed E-state index contributed by atoms with van der Waals surface area (Å²) in [6.07, 6.45) is 2.80. The smallest absolute Gasteiger partial charge is 0.223 e. The summed E-state index contributed by atoms with van der Waals surface area (Å²) in [4.78, 5) is 23.4. The maximum Gasteiger partial charge on any atom is 0.223 e. The molecule has 1 spiro atoms. The Hall–Kier alpha value is -1.68. The van der Waals surface area contributed by atoms with Crippen molar-refractivity contribution in [2.24, 2.45) is 0 Å². The van der Waals surface area contributed by atoms with Crippen molar-refractivity contribution in [1.82, 2.24) is 14.9 Å². The van der Waals surface area contributed by atoms with Crippen molar-refractivity contribution in [2.45, 2.75) is 50.1 Å². The van der Waals surface area contributed by atoms with Gasteiger partial charge in [0.15, 0.2) is 5.13 Å². The quantitative estimate of drug-likeness (QED) is 0.761. The number of hydrogen-bond donors (Lipinski definition) is 2. The van der Waals surface area contributed by atoms with Crippen LogP contribution >= 0.6 is 24.0 Å². The summed E-state index contributed by atoms with van der Waals surface area (Å²) in [6.45, 7) is 5.78. The molecule has 0 bridgehead atoms. The van der Waals surface area contributed by atoms with Gasteiger partial charge in [0.2, 0.25) is 11.8 Å². The predicted molar refractivity (Wildman–Crippen MR) is 105 cm³/mol. The third-order valence-corrected chi connectivity index (χ3v) is 6.66. The first-order chi connectivity index (χ1) is 12.9. The van der Waals surface area contributed by atoms with Crippen molar-refractivity contribution in [3.05, 3.63) is 28.3 Å². The van der Waals surface area contributed by atoms with Crippen LogP contribution in [0.25, 0.3) is 0 Å². The lowest BCUT2D eigenvalue weighted by Crippen LogP contribution is -2.31. The van der Waals surface area contributed by atoms with Gasteiger partial charge < -0.3 is 14.8 Å². The maximum absolute atomic E-state index is 11.3. The molecule has 1 saturated heterocycles. The average Bonchev–Trinajstić information content (AvgIpc) is 3.24. The van der Waals surface area contributed by atoms with Crippen LogP contribution in [0.2, 0.25) is 0 Å². The molecule has 2 aromatic rings. The number of nitrogens with zero attached hydrogens (tertiary/aromatic N) is 3. The highest BCUT2D eigenvalue weighted by molar-refractivity contribution is 7.80. The van der Waals surface area contributed by atoms with E-state index in [1.54, 1.807) is 7.11 Å². The Kier molecular flexibility index (Phi) is 4.87. The molecule has 1 fully saturated rings. The third-order valence-electron chi connectivity index (χ3n) is 5.18. The minimum atomic E-state index is -0.323. The van der Waals surface area contributed by atoms with E-state index in [-0.39, 0.29) is 11.5 Å². The number of likely N-dealkylation sites (tertiary alicyclic amines) is 1.